The van der Waals surface area contributed by atoms with Crippen molar-refractivity contribution in [3.8, 4) is 0 Å². The first kappa shape index (κ1) is 13.7. The molecule has 2 rings (SSSR count). The quantitative estimate of drug-likeness (QED) is 0.510. The highest BCUT2D eigenvalue weighted by Crippen LogP contribution is 2.19. The Morgan fingerprint density at radius 2 is 1.80 bits per heavy atom. The summed E-state index contributed by atoms with van der Waals surface area (Å²) in [5, 5.41) is 2.43. The zero-order chi connectivity index (χ0) is 14.5. The molecule has 2 aromatic rings. The van der Waals surface area contributed by atoms with E-state index in [1.54, 1.807) is 30.3 Å². The molecular weight excluding hydrogens is 259 g/mol. The van der Waals surface area contributed by atoms with Gasteiger partial charge in [-0.3, -0.25) is 9.59 Å². The third kappa shape index (κ3) is 3.41. The maximum Gasteiger partial charge on any atom is 0.232 e. The van der Waals surface area contributed by atoms with E-state index >= 15 is 0 Å². The van der Waals surface area contributed by atoms with Crippen LogP contribution in [-0.2, 0) is 4.79 Å². The Kier molecular flexibility index (Phi) is 4.10. The molecule has 0 heterocycles. The van der Waals surface area contributed by atoms with E-state index in [4.69, 9.17) is 5.73 Å². The lowest BCUT2D eigenvalue weighted by molar-refractivity contribution is -0.115. The van der Waals surface area contributed by atoms with Gasteiger partial charge >= 0.3 is 0 Å². The summed E-state index contributed by atoms with van der Waals surface area (Å²) in [4.78, 5) is 23.6. The summed E-state index contributed by atoms with van der Waals surface area (Å²) in [6.07, 6.45) is -0.319. The number of hydrogen-bond acceptors (Lipinski definition) is 3. The minimum Gasteiger partial charge on any atom is -0.397 e. The summed E-state index contributed by atoms with van der Waals surface area (Å²) in [5.41, 5.74) is 6.47. The van der Waals surface area contributed by atoms with Crippen molar-refractivity contribution in [1.82, 2.24) is 0 Å². The minimum absolute atomic E-state index is 0.163. The molecule has 0 saturated heterocycles. The second-order valence-corrected chi connectivity index (χ2v) is 4.25. The predicted molar refractivity (Wildman–Crippen MR) is 74.8 cm³/mol. The van der Waals surface area contributed by atoms with Crippen LogP contribution in [0.2, 0.25) is 0 Å². The standard InChI is InChI=1S/C15H13FN2O2/c16-11-6-7-12(17)13(8-11)18-15(20)9-14(19)10-4-2-1-3-5-10/h1-8H,9,17H2,(H,18,20). The van der Waals surface area contributed by atoms with Gasteiger partial charge in [0.15, 0.2) is 5.78 Å². The van der Waals surface area contributed by atoms with Gasteiger partial charge in [0.25, 0.3) is 0 Å². The molecule has 0 aliphatic heterocycles. The van der Waals surface area contributed by atoms with Crippen molar-refractivity contribution in [2.75, 3.05) is 11.1 Å². The molecule has 0 spiro atoms. The number of nitrogen functional groups attached to an aromatic ring is 1. The molecule has 0 atom stereocenters. The number of ketones is 1. The van der Waals surface area contributed by atoms with E-state index in [9.17, 15) is 14.0 Å². The molecular formula is C15H13FN2O2. The molecule has 0 saturated carbocycles. The van der Waals surface area contributed by atoms with Crippen molar-refractivity contribution < 1.29 is 14.0 Å². The number of amides is 1. The van der Waals surface area contributed by atoms with Gasteiger partial charge in [0.2, 0.25) is 5.91 Å². The first-order chi connectivity index (χ1) is 9.56. The molecule has 4 nitrogen and oxygen atoms in total. The van der Waals surface area contributed by atoms with Crippen LogP contribution in [0.3, 0.4) is 0 Å². The molecule has 0 aliphatic carbocycles. The van der Waals surface area contributed by atoms with E-state index in [1.165, 1.54) is 12.1 Å². The molecule has 20 heavy (non-hydrogen) atoms. The number of carbonyl (C=O) groups excluding carboxylic acids is 2. The molecule has 1 amide bonds. The van der Waals surface area contributed by atoms with E-state index in [0.29, 0.717) is 5.56 Å². The number of carbonyl (C=O) groups is 2. The normalized spacial score (nSPS) is 10.1. The summed E-state index contributed by atoms with van der Waals surface area (Å²) < 4.78 is 13.1. The fraction of sp³-hybridized carbons (Fsp3) is 0.0667. The van der Waals surface area contributed by atoms with Crippen LogP contribution in [-0.4, -0.2) is 11.7 Å². The van der Waals surface area contributed by atoms with Gasteiger partial charge in [-0.1, -0.05) is 30.3 Å². The van der Waals surface area contributed by atoms with Crippen molar-refractivity contribution in [2.45, 2.75) is 6.42 Å². The SMILES string of the molecule is Nc1ccc(F)cc1NC(=O)CC(=O)c1ccccc1. The lowest BCUT2D eigenvalue weighted by Gasteiger charge is -2.07. The van der Waals surface area contributed by atoms with Crippen molar-refractivity contribution >= 4 is 23.1 Å². The number of benzene rings is 2. The second kappa shape index (κ2) is 5.97. The smallest absolute Gasteiger partial charge is 0.232 e. The molecule has 3 N–H and O–H groups in total. The van der Waals surface area contributed by atoms with Crippen molar-refractivity contribution in [3.63, 3.8) is 0 Å². The maximum atomic E-state index is 13.1. The van der Waals surface area contributed by atoms with Gasteiger partial charge in [-0.15, -0.1) is 0 Å². The van der Waals surface area contributed by atoms with Crippen LogP contribution in [0, 0.1) is 5.82 Å². The summed E-state index contributed by atoms with van der Waals surface area (Å²) in [5.74, 6) is -1.35. The number of nitrogens with two attached hydrogens (primary N) is 1. The van der Waals surface area contributed by atoms with Crippen molar-refractivity contribution in [1.29, 1.82) is 0 Å². The Morgan fingerprint density at radius 3 is 2.50 bits per heavy atom. The van der Waals surface area contributed by atoms with Gasteiger partial charge in [-0.05, 0) is 18.2 Å². The van der Waals surface area contributed by atoms with Crippen LogP contribution in [0.25, 0.3) is 0 Å². The molecule has 102 valence electrons. The molecule has 5 heteroatoms. The fourth-order valence-electron chi connectivity index (χ4n) is 1.70. The maximum absolute atomic E-state index is 13.1. The van der Waals surface area contributed by atoms with Gasteiger partial charge in [0.1, 0.15) is 5.82 Å². The number of nitrogens with one attached hydrogen (secondary N) is 1. The first-order valence-electron chi connectivity index (χ1n) is 5.99. The molecule has 0 aliphatic rings. The summed E-state index contributed by atoms with van der Waals surface area (Å²) in [6.45, 7) is 0. The highest BCUT2D eigenvalue weighted by molar-refractivity contribution is 6.11. The van der Waals surface area contributed by atoms with Crippen LogP contribution in [0.4, 0.5) is 15.8 Å². The predicted octanol–water partition coefficient (Wildman–Crippen LogP) is 2.62. The van der Waals surface area contributed by atoms with Gasteiger partial charge in [-0.2, -0.15) is 0 Å². The zero-order valence-corrected chi connectivity index (χ0v) is 10.6. The summed E-state index contributed by atoms with van der Waals surface area (Å²) >= 11 is 0. The highest BCUT2D eigenvalue weighted by atomic mass is 19.1. The zero-order valence-electron chi connectivity index (χ0n) is 10.6. The van der Waals surface area contributed by atoms with E-state index < -0.39 is 11.7 Å². The van der Waals surface area contributed by atoms with Crippen molar-refractivity contribution in [3.05, 3.63) is 59.9 Å². The average Bonchev–Trinajstić information content (AvgIpc) is 2.43. The van der Waals surface area contributed by atoms with Crippen molar-refractivity contribution in [2.24, 2.45) is 0 Å². The van der Waals surface area contributed by atoms with Crippen LogP contribution in [0.15, 0.2) is 48.5 Å². The Hall–Kier alpha value is -2.69. The number of Topliss-reactive ketones (excluding diaryl/α,β-unsaturated/α-hetero) is 1. The van der Waals surface area contributed by atoms with E-state index in [-0.39, 0.29) is 23.6 Å². The number of hydrogen-bond donors (Lipinski definition) is 2. The van der Waals surface area contributed by atoms with E-state index in [0.717, 1.165) is 6.07 Å². The molecule has 0 fully saturated rings. The summed E-state index contributed by atoms with van der Waals surface area (Å²) in [6, 6.07) is 12.1. The molecule has 2 aromatic carbocycles. The van der Waals surface area contributed by atoms with Crippen LogP contribution in [0.5, 0.6) is 0 Å². The number of rotatable bonds is 4. The van der Waals surface area contributed by atoms with Gasteiger partial charge in [0.05, 0.1) is 17.8 Å². The van der Waals surface area contributed by atoms with Gasteiger partial charge < -0.3 is 11.1 Å². The van der Waals surface area contributed by atoms with Crippen LogP contribution in [0.1, 0.15) is 16.8 Å². The lowest BCUT2D eigenvalue weighted by Crippen LogP contribution is -2.17. The van der Waals surface area contributed by atoms with Crippen LogP contribution < -0.4 is 11.1 Å². The average molecular weight is 272 g/mol. The van der Waals surface area contributed by atoms with E-state index in [1.807, 2.05) is 0 Å². The Balaban J connectivity index is 2.03. The largest absolute Gasteiger partial charge is 0.397 e. The summed E-state index contributed by atoms with van der Waals surface area (Å²) in [7, 11) is 0. The van der Waals surface area contributed by atoms with Gasteiger partial charge in [0, 0.05) is 5.56 Å². The van der Waals surface area contributed by atoms with Gasteiger partial charge in [-0.25, -0.2) is 4.39 Å². The molecule has 0 radical (unpaired) electrons. The van der Waals surface area contributed by atoms with E-state index in [2.05, 4.69) is 5.32 Å². The molecule has 0 bridgehead atoms. The molecule has 0 aromatic heterocycles. The highest BCUT2D eigenvalue weighted by Gasteiger charge is 2.13. The Bertz CT molecular complexity index is 642. The van der Waals surface area contributed by atoms with Crippen LogP contribution >= 0.6 is 0 Å². The third-order valence-corrected chi connectivity index (χ3v) is 2.71. The topological polar surface area (TPSA) is 72.2 Å². The number of halogens is 1. The Labute approximate surface area is 115 Å². The number of anilines is 2. The Morgan fingerprint density at radius 1 is 1.10 bits per heavy atom. The lowest BCUT2D eigenvalue weighted by atomic mass is 10.1. The molecule has 0 unspecified atom stereocenters. The fourth-order valence-corrected chi connectivity index (χ4v) is 1.70. The monoisotopic (exact) mass is 272 g/mol. The minimum atomic E-state index is -0.531. The first-order valence-corrected chi connectivity index (χ1v) is 5.99. The second-order valence-electron chi connectivity index (χ2n) is 4.25. The third-order valence-electron chi connectivity index (χ3n) is 2.71.